The highest BCUT2D eigenvalue weighted by Gasteiger charge is 2.20. The van der Waals surface area contributed by atoms with Gasteiger partial charge in [-0.3, -0.25) is 0 Å². The summed E-state index contributed by atoms with van der Waals surface area (Å²) in [6.07, 6.45) is -4.92. The summed E-state index contributed by atoms with van der Waals surface area (Å²) in [7, 11) is 0. The first-order valence-electron chi connectivity index (χ1n) is 7.16. The van der Waals surface area contributed by atoms with Gasteiger partial charge in [-0.15, -0.1) is 0 Å². The van der Waals surface area contributed by atoms with Gasteiger partial charge >= 0.3 is 6.09 Å². The van der Waals surface area contributed by atoms with Crippen molar-refractivity contribution >= 4 is 6.09 Å². The Morgan fingerprint density at radius 1 is 1.19 bits per heavy atom. The van der Waals surface area contributed by atoms with Crippen LogP contribution >= 0.6 is 0 Å². The summed E-state index contributed by atoms with van der Waals surface area (Å²) in [4.78, 5) is 11.6. The molecule has 5 nitrogen and oxygen atoms in total. The molecule has 0 spiro atoms. The number of carbonyl (C=O) groups is 1. The minimum Gasteiger partial charge on any atom is -0.444 e. The Balaban J connectivity index is 4.11. The van der Waals surface area contributed by atoms with Crippen molar-refractivity contribution in [3.63, 3.8) is 0 Å². The van der Waals surface area contributed by atoms with Crippen molar-refractivity contribution in [1.29, 1.82) is 0 Å². The summed E-state index contributed by atoms with van der Waals surface area (Å²) in [5.74, 6) is 0.304. The van der Waals surface area contributed by atoms with E-state index in [1.54, 1.807) is 20.8 Å². The van der Waals surface area contributed by atoms with Crippen LogP contribution in [0.1, 0.15) is 34.6 Å². The molecule has 0 aromatic rings. The van der Waals surface area contributed by atoms with Gasteiger partial charge in [0.2, 0.25) is 0 Å². The maximum Gasteiger partial charge on any atom is 0.407 e. The fourth-order valence-electron chi connectivity index (χ4n) is 1.58. The second-order valence-electron chi connectivity index (χ2n) is 6.45. The summed E-state index contributed by atoms with van der Waals surface area (Å²) in [6.45, 7) is 9.92. The first-order valence-corrected chi connectivity index (χ1v) is 7.16. The summed E-state index contributed by atoms with van der Waals surface area (Å²) in [5, 5.41) is 14.5. The lowest BCUT2D eigenvalue weighted by atomic mass is 9.95. The third-order valence-corrected chi connectivity index (χ3v) is 2.90. The second-order valence-corrected chi connectivity index (χ2v) is 6.45. The van der Waals surface area contributed by atoms with E-state index in [1.165, 1.54) is 0 Å². The molecular weight excluding hydrogens is 282 g/mol. The van der Waals surface area contributed by atoms with Crippen LogP contribution in [-0.2, 0) is 4.74 Å². The van der Waals surface area contributed by atoms with E-state index in [0.717, 1.165) is 0 Å². The maximum atomic E-state index is 12.2. The predicted octanol–water partition coefficient (Wildman–Crippen LogP) is 2.00. The van der Waals surface area contributed by atoms with E-state index in [2.05, 4.69) is 10.6 Å². The molecule has 0 saturated heterocycles. The number of carbonyl (C=O) groups excluding carboxylic acids is 1. The van der Waals surface area contributed by atoms with Crippen molar-refractivity contribution in [3.8, 4) is 0 Å². The SMILES string of the molecule is CC(C)C(CNCC(O)C(F)F)CNC(=O)OC(C)(C)C. The van der Waals surface area contributed by atoms with Crippen LogP contribution < -0.4 is 10.6 Å². The first-order chi connectivity index (χ1) is 9.53. The fraction of sp³-hybridized carbons (Fsp3) is 0.929. The highest BCUT2D eigenvalue weighted by Crippen LogP contribution is 2.10. The summed E-state index contributed by atoms with van der Waals surface area (Å²) < 4.78 is 29.5. The number of amides is 1. The van der Waals surface area contributed by atoms with Crippen LogP contribution in [0.2, 0.25) is 0 Å². The normalized spacial score (nSPS) is 15.1. The zero-order valence-corrected chi connectivity index (χ0v) is 13.5. The molecule has 1 amide bonds. The number of ether oxygens (including phenoxy) is 1. The molecule has 0 rings (SSSR count). The highest BCUT2D eigenvalue weighted by atomic mass is 19.3. The molecule has 21 heavy (non-hydrogen) atoms. The third kappa shape index (κ3) is 10.4. The minimum atomic E-state index is -2.75. The number of nitrogens with one attached hydrogen (secondary N) is 2. The van der Waals surface area contributed by atoms with Crippen molar-refractivity contribution < 1.29 is 23.4 Å². The summed E-state index contributed by atoms with van der Waals surface area (Å²) >= 11 is 0. The van der Waals surface area contributed by atoms with Crippen LogP contribution in [0.15, 0.2) is 0 Å². The monoisotopic (exact) mass is 310 g/mol. The quantitative estimate of drug-likeness (QED) is 0.641. The number of aliphatic hydroxyl groups excluding tert-OH is 1. The molecule has 0 saturated carbocycles. The molecule has 126 valence electrons. The summed E-state index contributed by atoms with van der Waals surface area (Å²) in [5.41, 5.74) is -0.558. The van der Waals surface area contributed by atoms with Gasteiger partial charge in [-0.2, -0.15) is 0 Å². The predicted molar refractivity (Wildman–Crippen MR) is 77.4 cm³/mol. The Hall–Kier alpha value is -0.950. The van der Waals surface area contributed by atoms with Gasteiger partial charge in [0.05, 0.1) is 0 Å². The van der Waals surface area contributed by atoms with Gasteiger partial charge < -0.3 is 20.5 Å². The third-order valence-electron chi connectivity index (χ3n) is 2.90. The molecule has 3 N–H and O–H groups in total. The zero-order chi connectivity index (χ0) is 16.6. The first kappa shape index (κ1) is 20.1. The van der Waals surface area contributed by atoms with Gasteiger partial charge in [0.25, 0.3) is 6.43 Å². The lowest BCUT2D eigenvalue weighted by molar-refractivity contribution is -0.00383. The topological polar surface area (TPSA) is 70.6 Å². The zero-order valence-electron chi connectivity index (χ0n) is 13.5. The molecule has 0 aliphatic carbocycles. The van der Waals surface area contributed by atoms with Crippen molar-refractivity contribution in [2.45, 2.75) is 52.7 Å². The van der Waals surface area contributed by atoms with E-state index in [4.69, 9.17) is 9.84 Å². The molecule has 0 aliphatic rings. The average molecular weight is 310 g/mol. The van der Waals surface area contributed by atoms with E-state index in [-0.39, 0.29) is 18.4 Å². The molecule has 0 fully saturated rings. The molecule has 0 aromatic carbocycles. The molecule has 0 bridgehead atoms. The highest BCUT2D eigenvalue weighted by molar-refractivity contribution is 5.67. The van der Waals surface area contributed by atoms with Crippen molar-refractivity contribution in [1.82, 2.24) is 10.6 Å². The van der Waals surface area contributed by atoms with Crippen LogP contribution in [0.5, 0.6) is 0 Å². The Morgan fingerprint density at radius 3 is 2.19 bits per heavy atom. The van der Waals surface area contributed by atoms with E-state index >= 15 is 0 Å². The van der Waals surface area contributed by atoms with Crippen molar-refractivity contribution in [2.75, 3.05) is 19.6 Å². The molecule has 7 heteroatoms. The average Bonchev–Trinajstić information content (AvgIpc) is 2.30. The van der Waals surface area contributed by atoms with Gasteiger partial charge in [0.15, 0.2) is 0 Å². The number of aliphatic hydroxyl groups is 1. The lowest BCUT2D eigenvalue weighted by Gasteiger charge is -2.24. The van der Waals surface area contributed by atoms with Gasteiger partial charge in [-0.05, 0) is 39.2 Å². The molecule has 0 heterocycles. The van der Waals surface area contributed by atoms with Crippen LogP contribution in [0.4, 0.5) is 13.6 Å². The number of hydrogen-bond acceptors (Lipinski definition) is 4. The van der Waals surface area contributed by atoms with Crippen LogP contribution in [0.25, 0.3) is 0 Å². The van der Waals surface area contributed by atoms with Gasteiger partial charge in [-0.1, -0.05) is 13.8 Å². The van der Waals surface area contributed by atoms with Crippen molar-refractivity contribution in [3.05, 3.63) is 0 Å². The van der Waals surface area contributed by atoms with Gasteiger partial charge in [0.1, 0.15) is 11.7 Å². The van der Waals surface area contributed by atoms with Gasteiger partial charge in [-0.25, -0.2) is 13.6 Å². The molecule has 2 atom stereocenters. The number of alkyl halides is 2. The second kappa shape index (κ2) is 9.15. The van der Waals surface area contributed by atoms with E-state index in [1.807, 2.05) is 13.8 Å². The number of halogens is 2. The van der Waals surface area contributed by atoms with Gasteiger partial charge in [0, 0.05) is 13.1 Å². The van der Waals surface area contributed by atoms with Crippen LogP contribution in [0, 0.1) is 11.8 Å². The standard InChI is InChI=1S/C14H28F2N2O3/c1-9(2)10(6-17-8-11(19)12(15)16)7-18-13(20)21-14(3,4)5/h9-12,17,19H,6-8H2,1-5H3,(H,18,20). The molecule has 0 aliphatic heterocycles. The number of hydrogen-bond donors (Lipinski definition) is 3. The molecule has 2 unspecified atom stereocenters. The van der Waals surface area contributed by atoms with Crippen molar-refractivity contribution in [2.24, 2.45) is 11.8 Å². The number of alkyl carbamates (subject to hydrolysis) is 1. The largest absolute Gasteiger partial charge is 0.444 e. The Labute approximate surface area is 125 Å². The Bertz CT molecular complexity index is 307. The fourth-order valence-corrected chi connectivity index (χ4v) is 1.58. The van der Waals surface area contributed by atoms with Crippen LogP contribution in [-0.4, -0.2) is 49.0 Å². The Morgan fingerprint density at radius 2 is 1.76 bits per heavy atom. The van der Waals surface area contributed by atoms with E-state index < -0.39 is 24.2 Å². The molecule has 0 aromatic heterocycles. The minimum absolute atomic E-state index is 0.0578. The van der Waals surface area contributed by atoms with Crippen LogP contribution in [0.3, 0.4) is 0 Å². The number of rotatable bonds is 8. The maximum absolute atomic E-state index is 12.2. The lowest BCUT2D eigenvalue weighted by Crippen LogP contribution is -2.41. The smallest absolute Gasteiger partial charge is 0.407 e. The molecule has 0 radical (unpaired) electrons. The molecular formula is C14H28F2N2O3. The van der Waals surface area contributed by atoms with E-state index in [9.17, 15) is 13.6 Å². The van der Waals surface area contributed by atoms with E-state index in [0.29, 0.717) is 13.1 Å². The Kier molecular flexibility index (Phi) is 8.73. The summed E-state index contributed by atoms with van der Waals surface area (Å²) in [6, 6.07) is 0.